The molecule has 4 rings (SSSR count). The number of para-hydroxylation sites is 1. The van der Waals surface area contributed by atoms with Crippen molar-refractivity contribution in [3.05, 3.63) is 81.8 Å². The Morgan fingerprint density at radius 2 is 1.96 bits per heavy atom. The predicted octanol–water partition coefficient (Wildman–Crippen LogP) is 4.30. The van der Waals surface area contributed by atoms with E-state index in [9.17, 15) is 4.79 Å². The summed E-state index contributed by atoms with van der Waals surface area (Å²) in [7, 11) is 0. The molecule has 1 unspecified atom stereocenters. The van der Waals surface area contributed by atoms with Crippen LogP contribution in [0.1, 0.15) is 33.0 Å². The molecule has 1 saturated heterocycles. The van der Waals surface area contributed by atoms with Crippen LogP contribution in [-0.4, -0.2) is 30.5 Å². The number of anilines is 1. The van der Waals surface area contributed by atoms with Gasteiger partial charge in [-0.15, -0.1) is 11.3 Å². The first kappa shape index (κ1) is 18.7. The summed E-state index contributed by atoms with van der Waals surface area (Å²) < 4.78 is 0. The molecule has 1 aromatic heterocycles. The van der Waals surface area contributed by atoms with Crippen LogP contribution >= 0.6 is 11.3 Å². The average Bonchev–Trinajstić information content (AvgIpc) is 3.37. The fraction of sp³-hybridized carbons (Fsp3) is 0.304. The minimum absolute atomic E-state index is 0.0649. The molecule has 0 saturated carbocycles. The number of thiazole rings is 1. The smallest absolute Gasteiger partial charge is 0.270 e. The molecule has 144 valence electrons. The molecule has 0 bridgehead atoms. The zero-order valence-corrected chi connectivity index (χ0v) is 16.9. The molecular formula is C23H25N3OS. The van der Waals surface area contributed by atoms with E-state index in [4.69, 9.17) is 0 Å². The number of hydrogen-bond donors (Lipinski definition) is 1. The van der Waals surface area contributed by atoms with E-state index in [2.05, 4.69) is 58.5 Å². The highest BCUT2D eigenvalue weighted by molar-refractivity contribution is 7.09. The minimum atomic E-state index is -0.0649. The van der Waals surface area contributed by atoms with Gasteiger partial charge in [0.25, 0.3) is 5.91 Å². The van der Waals surface area contributed by atoms with Gasteiger partial charge in [0.2, 0.25) is 0 Å². The van der Waals surface area contributed by atoms with E-state index in [0.29, 0.717) is 18.2 Å². The third-order valence-corrected chi connectivity index (χ3v) is 6.12. The standard InChI is InChI=1S/C23H25N3OS/c1-17-7-5-6-10-21(17)26-12-11-19(15-26)14-24-23(27)20-16-28-22(25-20)13-18-8-3-2-4-9-18/h2-10,16,19H,11-15H2,1H3,(H,24,27). The second kappa shape index (κ2) is 8.57. The summed E-state index contributed by atoms with van der Waals surface area (Å²) in [5.74, 6) is 0.413. The highest BCUT2D eigenvalue weighted by Gasteiger charge is 2.24. The van der Waals surface area contributed by atoms with Gasteiger partial charge < -0.3 is 10.2 Å². The fourth-order valence-corrected chi connectivity index (χ4v) is 4.54. The second-order valence-electron chi connectivity index (χ2n) is 7.39. The zero-order valence-electron chi connectivity index (χ0n) is 16.1. The monoisotopic (exact) mass is 391 g/mol. The molecule has 1 atom stereocenters. The number of carbonyl (C=O) groups excluding carboxylic acids is 1. The van der Waals surface area contributed by atoms with Crippen molar-refractivity contribution in [2.45, 2.75) is 19.8 Å². The number of carbonyl (C=O) groups is 1. The Bertz CT molecular complexity index is 938. The van der Waals surface area contributed by atoms with E-state index in [0.717, 1.165) is 30.9 Å². The third-order valence-electron chi connectivity index (χ3n) is 5.28. The van der Waals surface area contributed by atoms with Crippen molar-refractivity contribution >= 4 is 22.9 Å². The summed E-state index contributed by atoms with van der Waals surface area (Å²) in [5.41, 5.74) is 4.36. The first-order chi connectivity index (χ1) is 13.7. The summed E-state index contributed by atoms with van der Waals surface area (Å²) in [6.07, 6.45) is 1.87. The first-order valence-corrected chi connectivity index (χ1v) is 10.6. The lowest BCUT2D eigenvalue weighted by molar-refractivity contribution is 0.0944. The molecule has 1 aliphatic heterocycles. The number of benzene rings is 2. The second-order valence-corrected chi connectivity index (χ2v) is 8.33. The molecule has 1 aliphatic rings. The maximum Gasteiger partial charge on any atom is 0.270 e. The fourth-order valence-electron chi connectivity index (χ4n) is 3.73. The summed E-state index contributed by atoms with van der Waals surface area (Å²) in [6.45, 7) is 4.89. The molecular weight excluding hydrogens is 366 g/mol. The number of hydrogen-bond acceptors (Lipinski definition) is 4. The average molecular weight is 392 g/mol. The Morgan fingerprint density at radius 3 is 2.79 bits per heavy atom. The van der Waals surface area contributed by atoms with E-state index >= 15 is 0 Å². The Hall–Kier alpha value is -2.66. The molecule has 3 aromatic rings. The summed E-state index contributed by atoms with van der Waals surface area (Å²) in [5, 5.41) is 5.92. The molecule has 4 nitrogen and oxygen atoms in total. The molecule has 5 heteroatoms. The van der Waals surface area contributed by atoms with Crippen molar-refractivity contribution in [3.63, 3.8) is 0 Å². The Morgan fingerprint density at radius 1 is 1.18 bits per heavy atom. The van der Waals surface area contributed by atoms with Gasteiger partial charge in [-0.2, -0.15) is 0 Å². The lowest BCUT2D eigenvalue weighted by Crippen LogP contribution is -2.31. The van der Waals surface area contributed by atoms with Crippen LogP contribution < -0.4 is 10.2 Å². The van der Waals surface area contributed by atoms with E-state index in [1.54, 1.807) is 11.3 Å². The number of rotatable bonds is 6. The van der Waals surface area contributed by atoms with E-state index in [1.165, 1.54) is 16.8 Å². The molecule has 28 heavy (non-hydrogen) atoms. The van der Waals surface area contributed by atoms with Crippen LogP contribution in [0.3, 0.4) is 0 Å². The molecule has 0 spiro atoms. The van der Waals surface area contributed by atoms with Gasteiger partial charge in [0.05, 0.1) is 5.01 Å². The highest BCUT2D eigenvalue weighted by Crippen LogP contribution is 2.26. The molecule has 1 fully saturated rings. The number of nitrogens with one attached hydrogen (secondary N) is 1. The Balaban J connectivity index is 1.29. The molecule has 0 aliphatic carbocycles. The number of aromatic nitrogens is 1. The number of amides is 1. The van der Waals surface area contributed by atoms with Gasteiger partial charge in [0, 0.05) is 37.1 Å². The van der Waals surface area contributed by atoms with E-state index < -0.39 is 0 Å². The van der Waals surface area contributed by atoms with Crippen molar-refractivity contribution in [1.29, 1.82) is 0 Å². The molecule has 1 amide bonds. The largest absolute Gasteiger partial charge is 0.371 e. The summed E-state index contributed by atoms with van der Waals surface area (Å²) in [4.78, 5) is 19.4. The molecule has 0 radical (unpaired) electrons. The molecule has 1 N–H and O–H groups in total. The first-order valence-electron chi connectivity index (χ1n) is 9.76. The van der Waals surface area contributed by atoms with Crippen LogP contribution in [0.25, 0.3) is 0 Å². The maximum absolute atomic E-state index is 12.5. The predicted molar refractivity (Wildman–Crippen MR) is 115 cm³/mol. The molecule has 2 aromatic carbocycles. The van der Waals surface area contributed by atoms with Gasteiger partial charge in [-0.1, -0.05) is 48.5 Å². The van der Waals surface area contributed by atoms with Crippen LogP contribution in [0.4, 0.5) is 5.69 Å². The Labute approximate surface area is 170 Å². The van der Waals surface area contributed by atoms with E-state index in [-0.39, 0.29) is 5.91 Å². The van der Waals surface area contributed by atoms with Crippen molar-refractivity contribution < 1.29 is 4.79 Å². The number of nitrogens with zero attached hydrogens (tertiary/aromatic N) is 2. The van der Waals surface area contributed by atoms with Crippen molar-refractivity contribution in [1.82, 2.24) is 10.3 Å². The van der Waals surface area contributed by atoms with E-state index in [1.807, 2.05) is 23.6 Å². The molecule has 2 heterocycles. The van der Waals surface area contributed by atoms with Gasteiger partial charge in [0.1, 0.15) is 5.69 Å². The van der Waals surface area contributed by atoms with Crippen LogP contribution in [-0.2, 0) is 6.42 Å². The third kappa shape index (κ3) is 4.42. The zero-order chi connectivity index (χ0) is 19.3. The van der Waals surface area contributed by atoms with Crippen LogP contribution in [0.5, 0.6) is 0 Å². The highest BCUT2D eigenvalue weighted by atomic mass is 32.1. The van der Waals surface area contributed by atoms with Gasteiger partial charge in [-0.05, 0) is 36.5 Å². The minimum Gasteiger partial charge on any atom is -0.371 e. The van der Waals surface area contributed by atoms with Gasteiger partial charge in [-0.3, -0.25) is 4.79 Å². The quantitative estimate of drug-likeness (QED) is 0.681. The van der Waals surface area contributed by atoms with Crippen molar-refractivity contribution in [3.8, 4) is 0 Å². The Kier molecular flexibility index (Phi) is 5.72. The maximum atomic E-state index is 12.5. The normalized spacial score (nSPS) is 16.3. The van der Waals surface area contributed by atoms with Gasteiger partial charge in [-0.25, -0.2) is 4.98 Å². The van der Waals surface area contributed by atoms with Crippen LogP contribution in [0, 0.1) is 12.8 Å². The van der Waals surface area contributed by atoms with Crippen LogP contribution in [0.2, 0.25) is 0 Å². The van der Waals surface area contributed by atoms with Gasteiger partial charge >= 0.3 is 0 Å². The van der Waals surface area contributed by atoms with Crippen molar-refractivity contribution in [2.24, 2.45) is 5.92 Å². The number of aryl methyl sites for hydroxylation is 1. The SMILES string of the molecule is Cc1ccccc1N1CCC(CNC(=O)c2csc(Cc3ccccc3)n2)C1. The lowest BCUT2D eigenvalue weighted by atomic mass is 10.1. The summed E-state index contributed by atoms with van der Waals surface area (Å²) in [6, 6.07) is 18.7. The van der Waals surface area contributed by atoms with Crippen molar-refractivity contribution in [2.75, 3.05) is 24.5 Å². The topological polar surface area (TPSA) is 45.2 Å². The summed E-state index contributed by atoms with van der Waals surface area (Å²) >= 11 is 1.55. The van der Waals surface area contributed by atoms with Crippen LogP contribution in [0.15, 0.2) is 60.0 Å². The van der Waals surface area contributed by atoms with Gasteiger partial charge in [0.15, 0.2) is 0 Å². The lowest BCUT2D eigenvalue weighted by Gasteiger charge is -2.21.